The van der Waals surface area contributed by atoms with E-state index in [2.05, 4.69) is 39.8 Å². The summed E-state index contributed by atoms with van der Waals surface area (Å²) in [4.78, 5) is 15.0. The Morgan fingerprint density at radius 2 is 1.85 bits per heavy atom. The van der Waals surface area contributed by atoms with E-state index in [1.165, 1.54) is 11.1 Å². The Labute approximate surface area is 198 Å². The molecule has 3 N–H and O–H groups in total. The molecule has 2 aromatic carbocycles. The van der Waals surface area contributed by atoms with Crippen LogP contribution in [0.2, 0.25) is 0 Å². The van der Waals surface area contributed by atoms with Crippen LogP contribution in [-0.4, -0.2) is 60.9 Å². The number of β-amino-alcohol motifs (C(OH)–C–C–N with tert-alkyl or cyclic N) is 1. The minimum atomic E-state index is -0.599. The van der Waals surface area contributed by atoms with Crippen molar-refractivity contribution in [3.05, 3.63) is 64.7 Å². The first-order chi connectivity index (χ1) is 16.1. The lowest BCUT2D eigenvalue weighted by Gasteiger charge is -2.30. The number of rotatable bonds is 7. The van der Waals surface area contributed by atoms with Crippen molar-refractivity contribution < 1.29 is 14.6 Å². The van der Waals surface area contributed by atoms with Crippen molar-refractivity contribution >= 4 is 11.6 Å². The smallest absolute Gasteiger partial charge is 0.251 e. The third-order valence-corrected chi connectivity index (χ3v) is 6.34. The Bertz CT molecular complexity index is 896. The molecule has 0 radical (unpaired) electrons. The second-order valence-electron chi connectivity index (χ2n) is 8.63. The molecule has 0 bridgehead atoms. The van der Waals surface area contributed by atoms with E-state index in [-0.39, 0.29) is 12.5 Å². The highest BCUT2D eigenvalue weighted by Gasteiger charge is 2.20. The lowest BCUT2D eigenvalue weighted by Crippen LogP contribution is -2.42. The van der Waals surface area contributed by atoms with Gasteiger partial charge in [-0.3, -0.25) is 9.69 Å². The van der Waals surface area contributed by atoms with Crippen LogP contribution in [0.3, 0.4) is 0 Å². The molecule has 4 rings (SSSR count). The number of fused-ring (bicyclic) bond motifs is 1. The zero-order valence-electron chi connectivity index (χ0n) is 20.3. The molecule has 1 amide bonds. The molecule has 0 aromatic heterocycles. The molecule has 2 aliphatic heterocycles. The summed E-state index contributed by atoms with van der Waals surface area (Å²) in [6.07, 6.45) is 2.35. The largest absolute Gasteiger partial charge is 0.390 e. The SMILES string of the molecule is CC.Cc1c(NC2CCOCC2)cccc1C(=O)NCC(O)CN1CCc2ccccc2C1. The van der Waals surface area contributed by atoms with Crippen molar-refractivity contribution in [1.29, 1.82) is 0 Å². The Kier molecular flexibility index (Phi) is 9.73. The summed E-state index contributed by atoms with van der Waals surface area (Å²) in [6.45, 7) is 10.1. The molecular formula is C27H39N3O3. The first-order valence-electron chi connectivity index (χ1n) is 12.3. The van der Waals surface area contributed by atoms with E-state index in [0.717, 1.165) is 56.8 Å². The fourth-order valence-electron chi connectivity index (χ4n) is 4.48. The molecule has 0 aliphatic carbocycles. The second-order valence-corrected chi connectivity index (χ2v) is 8.63. The van der Waals surface area contributed by atoms with Gasteiger partial charge in [-0.05, 0) is 55.0 Å². The van der Waals surface area contributed by atoms with Gasteiger partial charge in [0.25, 0.3) is 5.91 Å². The topological polar surface area (TPSA) is 73.8 Å². The third kappa shape index (κ3) is 7.03. The van der Waals surface area contributed by atoms with Crippen molar-refractivity contribution in [1.82, 2.24) is 10.2 Å². The fraction of sp³-hybridized carbons (Fsp3) is 0.519. The quantitative estimate of drug-likeness (QED) is 0.595. The highest BCUT2D eigenvalue weighted by molar-refractivity contribution is 5.97. The van der Waals surface area contributed by atoms with Crippen LogP contribution in [0.5, 0.6) is 0 Å². The number of hydrogen-bond acceptors (Lipinski definition) is 5. The van der Waals surface area contributed by atoms with Crippen molar-refractivity contribution in [3.8, 4) is 0 Å². The molecular weight excluding hydrogens is 414 g/mol. The molecule has 0 saturated carbocycles. The van der Waals surface area contributed by atoms with Gasteiger partial charge in [0.2, 0.25) is 0 Å². The number of nitrogens with one attached hydrogen (secondary N) is 2. The summed E-state index contributed by atoms with van der Waals surface area (Å²) in [6, 6.07) is 14.6. The Morgan fingerprint density at radius 1 is 1.12 bits per heavy atom. The van der Waals surface area contributed by atoms with Crippen LogP contribution in [-0.2, 0) is 17.7 Å². The number of carbonyl (C=O) groups excluding carboxylic acids is 1. The van der Waals surface area contributed by atoms with Crippen molar-refractivity contribution in [2.45, 2.75) is 58.7 Å². The molecule has 6 heteroatoms. The van der Waals surface area contributed by atoms with E-state index in [9.17, 15) is 9.90 Å². The number of amides is 1. The van der Waals surface area contributed by atoms with Gasteiger partial charge in [0.15, 0.2) is 0 Å². The van der Waals surface area contributed by atoms with Gasteiger partial charge in [-0.25, -0.2) is 0 Å². The van der Waals surface area contributed by atoms with Crippen LogP contribution in [0.25, 0.3) is 0 Å². The predicted molar refractivity (Wildman–Crippen MR) is 134 cm³/mol. The number of ether oxygens (including phenoxy) is 1. The maximum atomic E-state index is 12.8. The van der Waals surface area contributed by atoms with Gasteiger partial charge in [0.1, 0.15) is 0 Å². The number of nitrogens with zero attached hydrogens (tertiary/aromatic N) is 1. The summed E-state index contributed by atoms with van der Waals surface area (Å²) in [5, 5.41) is 17.0. The van der Waals surface area contributed by atoms with Crippen molar-refractivity contribution in [2.75, 3.05) is 38.2 Å². The number of hydrogen-bond donors (Lipinski definition) is 3. The van der Waals surface area contributed by atoms with Crippen LogP contribution >= 0.6 is 0 Å². The lowest BCUT2D eigenvalue weighted by atomic mass is 10.00. The Morgan fingerprint density at radius 3 is 2.61 bits per heavy atom. The third-order valence-electron chi connectivity index (χ3n) is 6.34. The first kappa shape index (κ1) is 25.2. The molecule has 2 aliphatic rings. The second kappa shape index (κ2) is 12.7. The monoisotopic (exact) mass is 453 g/mol. The van der Waals surface area contributed by atoms with Gasteiger partial charge in [-0.1, -0.05) is 44.2 Å². The van der Waals surface area contributed by atoms with Gasteiger partial charge in [0.05, 0.1) is 6.10 Å². The number of anilines is 1. The lowest BCUT2D eigenvalue weighted by molar-refractivity contribution is 0.0841. The molecule has 33 heavy (non-hydrogen) atoms. The summed E-state index contributed by atoms with van der Waals surface area (Å²) < 4.78 is 5.42. The maximum Gasteiger partial charge on any atom is 0.251 e. The minimum Gasteiger partial charge on any atom is -0.390 e. The van der Waals surface area contributed by atoms with Crippen molar-refractivity contribution in [2.24, 2.45) is 0 Å². The number of aliphatic hydroxyl groups excluding tert-OH is 1. The molecule has 0 spiro atoms. The van der Waals surface area contributed by atoms with Crippen LogP contribution in [0.4, 0.5) is 5.69 Å². The summed E-state index contributed by atoms with van der Waals surface area (Å²) >= 11 is 0. The summed E-state index contributed by atoms with van der Waals surface area (Å²) in [7, 11) is 0. The molecule has 1 unspecified atom stereocenters. The normalized spacial score (nSPS) is 17.3. The predicted octanol–water partition coefficient (Wildman–Crippen LogP) is 3.76. The van der Waals surface area contributed by atoms with E-state index in [0.29, 0.717) is 18.2 Å². The van der Waals surface area contributed by atoms with Crippen LogP contribution in [0.1, 0.15) is 53.7 Å². The van der Waals surface area contributed by atoms with Gasteiger partial charge >= 0.3 is 0 Å². The Balaban J connectivity index is 0.00000149. The van der Waals surface area contributed by atoms with Crippen LogP contribution < -0.4 is 10.6 Å². The fourth-order valence-corrected chi connectivity index (χ4v) is 4.48. The van der Waals surface area contributed by atoms with Crippen molar-refractivity contribution in [3.63, 3.8) is 0 Å². The van der Waals surface area contributed by atoms with Gasteiger partial charge in [-0.15, -0.1) is 0 Å². The molecule has 1 saturated heterocycles. The number of carbonyl (C=O) groups is 1. The first-order valence-corrected chi connectivity index (χ1v) is 12.3. The van der Waals surface area contributed by atoms with Gasteiger partial charge < -0.3 is 20.5 Å². The molecule has 2 heterocycles. The van der Waals surface area contributed by atoms with E-state index in [1.807, 2.05) is 39.0 Å². The highest BCUT2D eigenvalue weighted by atomic mass is 16.5. The molecule has 1 fully saturated rings. The molecule has 1 atom stereocenters. The van der Waals surface area contributed by atoms with E-state index in [1.54, 1.807) is 0 Å². The van der Waals surface area contributed by atoms with Gasteiger partial charge in [0, 0.05) is 56.7 Å². The van der Waals surface area contributed by atoms with Gasteiger partial charge in [-0.2, -0.15) is 0 Å². The van der Waals surface area contributed by atoms with E-state index in [4.69, 9.17) is 4.74 Å². The number of benzene rings is 2. The Hall–Kier alpha value is -2.41. The minimum absolute atomic E-state index is 0.142. The summed E-state index contributed by atoms with van der Waals surface area (Å²) in [5.41, 5.74) is 5.30. The maximum absolute atomic E-state index is 12.8. The highest BCUT2D eigenvalue weighted by Crippen LogP contribution is 2.22. The standard InChI is InChI=1S/C25H33N3O3.C2H6/c1-18-23(7-4-8-24(18)27-21-10-13-31-14-11-21)25(30)26-15-22(29)17-28-12-9-19-5-2-3-6-20(19)16-28;1-2/h2-8,21-22,27,29H,9-17H2,1H3,(H,26,30);1-2H3. The van der Waals surface area contributed by atoms with Crippen LogP contribution in [0, 0.1) is 6.92 Å². The molecule has 180 valence electrons. The zero-order chi connectivity index (χ0) is 23.6. The number of aliphatic hydroxyl groups is 1. The van der Waals surface area contributed by atoms with Crippen LogP contribution in [0.15, 0.2) is 42.5 Å². The average molecular weight is 454 g/mol. The van der Waals surface area contributed by atoms with E-state index < -0.39 is 6.10 Å². The zero-order valence-corrected chi connectivity index (χ0v) is 20.3. The summed E-state index contributed by atoms with van der Waals surface area (Å²) in [5.74, 6) is -0.142. The molecule has 2 aromatic rings. The average Bonchev–Trinajstić information content (AvgIpc) is 2.85. The molecule has 6 nitrogen and oxygen atoms in total. The van der Waals surface area contributed by atoms with E-state index >= 15 is 0 Å².